The molecule has 0 saturated carbocycles. The van der Waals surface area contributed by atoms with E-state index < -0.39 is 0 Å². The highest BCUT2D eigenvalue weighted by atomic mass is 127. The van der Waals surface area contributed by atoms with E-state index in [-0.39, 0.29) is 5.82 Å². The second-order valence-electron chi connectivity index (χ2n) is 2.55. The summed E-state index contributed by atoms with van der Waals surface area (Å²) in [5.41, 5.74) is 0. The zero-order chi connectivity index (χ0) is 9.42. The normalized spacial score (nSPS) is 11.7. The molecule has 0 spiro atoms. The van der Waals surface area contributed by atoms with E-state index in [1.54, 1.807) is 12.1 Å². The third kappa shape index (κ3) is 1.43. The predicted octanol–water partition coefficient (Wildman–Crippen LogP) is 3.58. The molecule has 0 aliphatic carbocycles. The molecule has 0 fully saturated rings. The molecule has 0 unspecified atom stereocenters. The zero-order valence-electron chi connectivity index (χ0n) is 7.14. The Balaban J connectivity index is 2.86. The summed E-state index contributed by atoms with van der Waals surface area (Å²) >= 11 is 2.12. The van der Waals surface area contributed by atoms with Crippen LogP contribution in [0.3, 0.4) is 0 Å². The molecule has 0 heterocycles. The van der Waals surface area contributed by atoms with Crippen LogP contribution in [0.1, 0.15) is 1.37 Å². The third-order valence-corrected chi connectivity index (χ3v) is 2.30. The smallest absolute Gasteiger partial charge is 0.123 e. The second-order valence-corrected chi connectivity index (χ2v) is 3.80. The highest BCUT2D eigenvalue weighted by molar-refractivity contribution is 14.1. The Labute approximate surface area is 84.9 Å². The molecular formula is C10H6FI. The van der Waals surface area contributed by atoms with Gasteiger partial charge in [-0.2, -0.15) is 0 Å². The van der Waals surface area contributed by atoms with Crippen LogP contribution in [-0.4, -0.2) is 0 Å². The summed E-state index contributed by atoms with van der Waals surface area (Å²) in [6.45, 7) is 0. The molecule has 0 bridgehead atoms. The lowest BCUT2D eigenvalue weighted by Gasteiger charge is -1.97. The van der Waals surface area contributed by atoms with Crippen molar-refractivity contribution in [2.45, 2.75) is 0 Å². The second kappa shape index (κ2) is 3.01. The van der Waals surface area contributed by atoms with E-state index in [0.29, 0.717) is 6.04 Å². The predicted molar refractivity (Wildman–Crippen MR) is 56.6 cm³/mol. The van der Waals surface area contributed by atoms with Gasteiger partial charge >= 0.3 is 0 Å². The average molecular weight is 273 g/mol. The van der Waals surface area contributed by atoms with Gasteiger partial charge in [0.25, 0.3) is 0 Å². The maximum Gasteiger partial charge on any atom is 0.123 e. The number of hydrogen-bond donors (Lipinski definition) is 0. The van der Waals surface area contributed by atoms with Crippen LogP contribution in [0.15, 0.2) is 36.4 Å². The Morgan fingerprint density at radius 2 is 2.00 bits per heavy atom. The molecule has 2 aromatic rings. The van der Waals surface area contributed by atoms with Crippen LogP contribution in [0.5, 0.6) is 0 Å². The van der Waals surface area contributed by atoms with Gasteiger partial charge in [0.2, 0.25) is 0 Å². The van der Waals surface area contributed by atoms with Crippen molar-refractivity contribution in [3.8, 4) is 0 Å². The first-order valence-corrected chi connectivity index (χ1v) is 4.60. The molecule has 0 nitrogen and oxygen atoms in total. The van der Waals surface area contributed by atoms with Crippen LogP contribution < -0.4 is 0 Å². The van der Waals surface area contributed by atoms with Crippen molar-refractivity contribution in [3.05, 3.63) is 45.8 Å². The minimum absolute atomic E-state index is 0.256. The number of benzene rings is 2. The Bertz CT molecular complexity index is 462. The topological polar surface area (TPSA) is 0 Å². The van der Waals surface area contributed by atoms with Crippen molar-refractivity contribution < 1.29 is 5.76 Å². The van der Waals surface area contributed by atoms with E-state index >= 15 is 0 Å². The van der Waals surface area contributed by atoms with Gasteiger partial charge in [-0.1, -0.05) is 12.1 Å². The molecule has 2 rings (SSSR count). The van der Waals surface area contributed by atoms with Crippen molar-refractivity contribution in [2.24, 2.45) is 0 Å². The van der Waals surface area contributed by atoms with Gasteiger partial charge in [0.1, 0.15) is 5.82 Å². The number of hydrogen-bond acceptors (Lipinski definition) is 0. The maximum atomic E-state index is 12.8. The summed E-state index contributed by atoms with van der Waals surface area (Å²) in [5.74, 6) is -0.256. The lowest BCUT2D eigenvalue weighted by molar-refractivity contribution is 0.630. The van der Waals surface area contributed by atoms with Gasteiger partial charge in [0.05, 0.1) is 1.37 Å². The van der Waals surface area contributed by atoms with E-state index in [1.165, 1.54) is 12.1 Å². The molecule has 0 aliphatic rings. The van der Waals surface area contributed by atoms with Gasteiger partial charge in [-0.3, -0.25) is 0 Å². The lowest BCUT2D eigenvalue weighted by atomic mass is 10.1. The van der Waals surface area contributed by atoms with Gasteiger partial charge in [-0.15, -0.1) is 0 Å². The van der Waals surface area contributed by atoms with E-state index in [2.05, 4.69) is 22.6 Å². The van der Waals surface area contributed by atoms with Gasteiger partial charge in [-0.25, -0.2) is 4.39 Å². The first-order valence-electron chi connectivity index (χ1n) is 4.02. The summed E-state index contributed by atoms with van der Waals surface area (Å²) in [5, 5.41) is 1.58. The van der Waals surface area contributed by atoms with E-state index in [1.807, 2.05) is 6.07 Å². The van der Waals surface area contributed by atoms with Crippen LogP contribution in [0.2, 0.25) is 0 Å². The highest BCUT2D eigenvalue weighted by Crippen LogP contribution is 2.18. The Morgan fingerprint density at radius 1 is 1.17 bits per heavy atom. The number of rotatable bonds is 0. The molecule has 0 aliphatic heterocycles. The summed E-state index contributed by atoms with van der Waals surface area (Å²) in [6, 6.07) is 8.56. The summed E-state index contributed by atoms with van der Waals surface area (Å²) < 4.78 is 21.4. The van der Waals surface area contributed by atoms with Crippen molar-refractivity contribution in [1.29, 1.82) is 0 Å². The van der Waals surface area contributed by atoms with Crippen molar-refractivity contribution in [1.82, 2.24) is 0 Å². The first-order chi connectivity index (χ1) is 6.16. The highest BCUT2D eigenvalue weighted by Gasteiger charge is 1.95. The zero-order valence-corrected chi connectivity index (χ0v) is 8.30. The minimum Gasteiger partial charge on any atom is -0.207 e. The van der Waals surface area contributed by atoms with Gasteiger partial charge < -0.3 is 0 Å². The van der Waals surface area contributed by atoms with Crippen LogP contribution >= 0.6 is 22.6 Å². The fourth-order valence-corrected chi connectivity index (χ4v) is 1.61. The summed E-state index contributed by atoms with van der Waals surface area (Å²) in [6.07, 6.45) is 0. The molecule has 0 amide bonds. The minimum atomic E-state index is -0.256. The van der Waals surface area contributed by atoms with Crippen LogP contribution in [0.25, 0.3) is 10.8 Å². The quantitative estimate of drug-likeness (QED) is 0.643. The molecule has 12 heavy (non-hydrogen) atoms. The van der Waals surface area contributed by atoms with E-state index in [9.17, 15) is 4.39 Å². The van der Waals surface area contributed by atoms with Gasteiger partial charge in [-0.05, 0) is 57.6 Å². The Hall–Kier alpha value is -0.640. The van der Waals surface area contributed by atoms with Crippen LogP contribution in [0, 0.1) is 9.39 Å². The number of halogens is 2. The van der Waals surface area contributed by atoms with Crippen LogP contribution in [-0.2, 0) is 0 Å². The third-order valence-electron chi connectivity index (χ3n) is 1.67. The van der Waals surface area contributed by atoms with Crippen LogP contribution in [0.4, 0.5) is 4.39 Å². The molecular weight excluding hydrogens is 266 g/mol. The Morgan fingerprint density at radius 3 is 2.83 bits per heavy atom. The van der Waals surface area contributed by atoms with E-state index in [0.717, 1.165) is 14.3 Å². The van der Waals surface area contributed by atoms with Crippen molar-refractivity contribution in [3.63, 3.8) is 0 Å². The summed E-state index contributed by atoms with van der Waals surface area (Å²) in [4.78, 5) is 0. The molecule has 0 N–H and O–H groups in total. The molecule has 60 valence electrons. The standard InChI is InChI=1S/C10H6FI/c11-9-3-1-7-2-4-10(12)6-8(7)5-9/h1-6H/i2D. The fraction of sp³-hybridized carbons (Fsp3) is 0. The first kappa shape index (κ1) is 6.83. The van der Waals surface area contributed by atoms with Gasteiger partial charge in [0.15, 0.2) is 0 Å². The van der Waals surface area contributed by atoms with Crippen molar-refractivity contribution in [2.75, 3.05) is 0 Å². The lowest BCUT2D eigenvalue weighted by Crippen LogP contribution is -1.77. The fourth-order valence-electron chi connectivity index (χ4n) is 1.12. The molecule has 0 atom stereocenters. The largest absolute Gasteiger partial charge is 0.207 e. The summed E-state index contributed by atoms with van der Waals surface area (Å²) in [7, 11) is 0. The molecule has 0 aromatic heterocycles. The Kier molecular flexibility index (Phi) is 1.71. The average Bonchev–Trinajstić information content (AvgIpc) is 2.02. The van der Waals surface area contributed by atoms with E-state index in [4.69, 9.17) is 1.37 Å². The SMILES string of the molecule is [2H]c1cc(I)cc2cc(F)ccc12. The van der Waals surface area contributed by atoms with Crippen molar-refractivity contribution >= 4 is 33.4 Å². The van der Waals surface area contributed by atoms with Gasteiger partial charge in [0, 0.05) is 3.57 Å². The molecule has 0 radical (unpaired) electrons. The molecule has 0 saturated heterocycles. The molecule has 2 heteroatoms. The maximum absolute atomic E-state index is 12.8. The monoisotopic (exact) mass is 273 g/mol. The number of fused-ring (bicyclic) bond motifs is 1. The molecule has 2 aromatic carbocycles.